The number of nitrogens with one attached hydrogen (secondary N) is 1. The van der Waals surface area contributed by atoms with Crippen LogP contribution in [-0.2, 0) is 4.79 Å². The first-order valence-corrected chi connectivity index (χ1v) is 6.40. The summed E-state index contributed by atoms with van der Waals surface area (Å²) >= 11 is 0. The highest BCUT2D eigenvalue weighted by Gasteiger charge is 2.10. The van der Waals surface area contributed by atoms with Crippen molar-refractivity contribution < 1.29 is 4.79 Å². The average molecular weight is 233 g/mol. The zero-order chi connectivity index (χ0) is 12.7. The SMILES string of the molecule is C=C(CCCCC(=O)C1=CCC(C)C=C1)NC. The van der Waals surface area contributed by atoms with E-state index >= 15 is 0 Å². The van der Waals surface area contributed by atoms with Gasteiger partial charge in [0.05, 0.1) is 0 Å². The number of rotatable bonds is 7. The number of allylic oxidation sites excluding steroid dienone is 5. The van der Waals surface area contributed by atoms with E-state index in [4.69, 9.17) is 0 Å². The van der Waals surface area contributed by atoms with Crippen molar-refractivity contribution >= 4 is 5.78 Å². The first-order chi connectivity index (χ1) is 8.13. The molecule has 0 aromatic rings. The van der Waals surface area contributed by atoms with E-state index in [1.165, 1.54) is 0 Å². The first-order valence-electron chi connectivity index (χ1n) is 6.40. The molecule has 1 aliphatic rings. The Kier molecular flexibility index (Phi) is 5.75. The van der Waals surface area contributed by atoms with E-state index < -0.39 is 0 Å². The molecule has 1 unspecified atom stereocenters. The van der Waals surface area contributed by atoms with Gasteiger partial charge in [-0.1, -0.05) is 31.7 Å². The van der Waals surface area contributed by atoms with E-state index in [1.54, 1.807) is 0 Å². The second kappa shape index (κ2) is 7.10. The number of hydrogen-bond acceptors (Lipinski definition) is 2. The first kappa shape index (κ1) is 13.8. The number of Topliss-reactive ketones (excluding diaryl/α,β-unsaturated/α-hetero) is 1. The van der Waals surface area contributed by atoms with Gasteiger partial charge in [-0.2, -0.15) is 0 Å². The van der Waals surface area contributed by atoms with Gasteiger partial charge in [0, 0.05) is 24.7 Å². The maximum atomic E-state index is 11.9. The second-order valence-corrected chi connectivity index (χ2v) is 4.72. The summed E-state index contributed by atoms with van der Waals surface area (Å²) in [7, 11) is 1.88. The minimum absolute atomic E-state index is 0.281. The fourth-order valence-corrected chi connectivity index (χ4v) is 1.83. The van der Waals surface area contributed by atoms with Crippen LogP contribution in [0.4, 0.5) is 0 Å². The molecule has 2 nitrogen and oxygen atoms in total. The number of carbonyl (C=O) groups excluding carboxylic acids is 1. The van der Waals surface area contributed by atoms with Gasteiger partial charge in [0.25, 0.3) is 0 Å². The lowest BCUT2D eigenvalue weighted by molar-refractivity contribution is -0.115. The van der Waals surface area contributed by atoms with Crippen molar-refractivity contribution in [1.82, 2.24) is 5.32 Å². The number of unbranched alkanes of at least 4 members (excludes halogenated alkanes) is 1. The third kappa shape index (κ3) is 5.03. The molecular formula is C15H23NO. The Balaban J connectivity index is 2.22. The summed E-state index contributed by atoms with van der Waals surface area (Å²) in [4.78, 5) is 11.9. The molecule has 1 rings (SSSR count). The normalized spacial score (nSPS) is 18.7. The van der Waals surface area contributed by atoms with Gasteiger partial charge in [0.15, 0.2) is 5.78 Å². The van der Waals surface area contributed by atoms with Gasteiger partial charge in [-0.3, -0.25) is 4.79 Å². The number of hydrogen-bond donors (Lipinski definition) is 1. The predicted molar refractivity (Wildman–Crippen MR) is 72.7 cm³/mol. The topological polar surface area (TPSA) is 29.1 Å². The summed E-state index contributed by atoms with van der Waals surface area (Å²) in [5, 5.41) is 3.02. The summed E-state index contributed by atoms with van der Waals surface area (Å²) in [5.41, 5.74) is 1.94. The zero-order valence-corrected chi connectivity index (χ0v) is 11.0. The van der Waals surface area contributed by atoms with Crippen molar-refractivity contribution in [3.8, 4) is 0 Å². The molecule has 0 aliphatic heterocycles. The average Bonchev–Trinajstić information content (AvgIpc) is 2.34. The van der Waals surface area contributed by atoms with E-state index in [0.717, 1.165) is 37.0 Å². The van der Waals surface area contributed by atoms with E-state index in [2.05, 4.69) is 31.0 Å². The minimum atomic E-state index is 0.281. The van der Waals surface area contributed by atoms with Crippen LogP contribution < -0.4 is 5.32 Å². The van der Waals surface area contributed by atoms with Crippen molar-refractivity contribution in [2.75, 3.05) is 7.05 Å². The zero-order valence-electron chi connectivity index (χ0n) is 11.0. The summed E-state index contributed by atoms with van der Waals surface area (Å²) < 4.78 is 0. The third-order valence-electron chi connectivity index (χ3n) is 3.12. The monoisotopic (exact) mass is 233 g/mol. The molecule has 0 heterocycles. The van der Waals surface area contributed by atoms with E-state index in [1.807, 2.05) is 13.1 Å². The van der Waals surface area contributed by atoms with Gasteiger partial charge in [0.2, 0.25) is 0 Å². The minimum Gasteiger partial charge on any atom is -0.392 e. The standard InChI is InChI=1S/C15H23NO/c1-12-8-10-14(11-9-12)15(17)7-5-4-6-13(2)16-3/h8,10-12,16H,2,4-7,9H2,1,3H3. The van der Waals surface area contributed by atoms with Crippen LogP contribution in [0.5, 0.6) is 0 Å². The van der Waals surface area contributed by atoms with Crippen LogP contribution in [0.2, 0.25) is 0 Å². The highest BCUT2D eigenvalue weighted by molar-refractivity contribution is 5.98. The quantitative estimate of drug-likeness (QED) is 0.683. The van der Waals surface area contributed by atoms with Crippen LogP contribution in [0.15, 0.2) is 36.1 Å². The maximum Gasteiger partial charge on any atom is 0.162 e. The highest BCUT2D eigenvalue weighted by Crippen LogP contribution is 2.18. The summed E-state index contributed by atoms with van der Waals surface area (Å²) in [5.74, 6) is 0.855. The lowest BCUT2D eigenvalue weighted by Crippen LogP contribution is -2.06. The van der Waals surface area contributed by atoms with Gasteiger partial charge in [-0.05, 0) is 31.6 Å². The Morgan fingerprint density at radius 3 is 2.76 bits per heavy atom. The van der Waals surface area contributed by atoms with Gasteiger partial charge in [-0.15, -0.1) is 0 Å². The van der Waals surface area contributed by atoms with Crippen LogP contribution >= 0.6 is 0 Å². The highest BCUT2D eigenvalue weighted by atomic mass is 16.1. The molecule has 0 spiro atoms. The Bertz CT molecular complexity index is 339. The Morgan fingerprint density at radius 2 is 2.18 bits per heavy atom. The second-order valence-electron chi connectivity index (χ2n) is 4.72. The predicted octanol–water partition coefficient (Wildman–Crippen LogP) is 3.37. The molecule has 1 atom stereocenters. The molecular weight excluding hydrogens is 210 g/mol. The molecule has 0 fully saturated rings. The maximum absolute atomic E-state index is 11.9. The summed E-state index contributed by atoms with van der Waals surface area (Å²) in [6, 6.07) is 0. The Hall–Kier alpha value is -1.31. The molecule has 0 aromatic heterocycles. The van der Waals surface area contributed by atoms with Crippen LogP contribution in [-0.4, -0.2) is 12.8 Å². The summed E-state index contributed by atoms with van der Waals surface area (Å²) in [6.07, 6.45) is 10.7. The van der Waals surface area contributed by atoms with Gasteiger partial charge in [0.1, 0.15) is 0 Å². The summed E-state index contributed by atoms with van der Waals surface area (Å²) in [6.45, 7) is 6.03. The van der Waals surface area contributed by atoms with E-state index in [-0.39, 0.29) is 5.78 Å². The van der Waals surface area contributed by atoms with Crippen LogP contribution in [0, 0.1) is 5.92 Å². The molecule has 0 amide bonds. The molecule has 94 valence electrons. The van der Waals surface area contributed by atoms with Crippen molar-refractivity contribution in [1.29, 1.82) is 0 Å². The van der Waals surface area contributed by atoms with E-state index in [0.29, 0.717) is 12.3 Å². The van der Waals surface area contributed by atoms with E-state index in [9.17, 15) is 4.79 Å². The fraction of sp³-hybridized carbons (Fsp3) is 0.533. The molecule has 17 heavy (non-hydrogen) atoms. The third-order valence-corrected chi connectivity index (χ3v) is 3.12. The molecule has 0 bridgehead atoms. The molecule has 0 saturated carbocycles. The molecule has 0 aromatic carbocycles. The van der Waals surface area contributed by atoms with Crippen LogP contribution in [0.3, 0.4) is 0 Å². The smallest absolute Gasteiger partial charge is 0.162 e. The molecule has 0 saturated heterocycles. The van der Waals surface area contributed by atoms with Gasteiger partial charge >= 0.3 is 0 Å². The lowest BCUT2D eigenvalue weighted by atomic mass is 9.94. The number of carbonyl (C=O) groups is 1. The van der Waals surface area contributed by atoms with Crippen LogP contribution in [0.1, 0.15) is 39.0 Å². The fourth-order valence-electron chi connectivity index (χ4n) is 1.83. The Labute approximate surface area is 104 Å². The van der Waals surface area contributed by atoms with Crippen molar-refractivity contribution in [2.45, 2.75) is 39.0 Å². The van der Waals surface area contributed by atoms with Crippen molar-refractivity contribution in [3.05, 3.63) is 36.1 Å². The number of ketones is 1. The Morgan fingerprint density at radius 1 is 1.47 bits per heavy atom. The lowest BCUT2D eigenvalue weighted by Gasteiger charge is -2.10. The molecule has 0 radical (unpaired) electrons. The molecule has 1 aliphatic carbocycles. The van der Waals surface area contributed by atoms with Gasteiger partial charge in [-0.25, -0.2) is 0 Å². The molecule has 2 heteroatoms. The van der Waals surface area contributed by atoms with Crippen LogP contribution in [0.25, 0.3) is 0 Å². The molecule has 1 N–H and O–H groups in total. The van der Waals surface area contributed by atoms with Crippen molar-refractivity contribution in [3.63, 3.8) is 0 Å². The largest absolute Gasteiger partial charge is 0.392 e. The van der Waals surface area contributed by atoms with Gasteiger partial charge < -0.3 is 5.32 Å². The van der Waals surface area contributed by atoms with Crippen molar-refractivity contribution in [2.24, 2.45) is 5.92 Å².